The van der Waals surface area contributed by atoms with Gasteiger partial charge in [-0.2, -0.15) is 0 Å². The van der Waals surface area contributed by atoms with Gasteiger partial charge in [0.05, 0.1) is 11.5 Å². The summed E-state index contributed by atoms with van der Waals surface area (Å²) in [6.07, 6.45) is 1.77. The Morgan fingerprint density at radius 1 is 1.55 bits per heavy atom. The molecule has 22 heavy (non-hydrogen) atoms. The molecule has 0 aliphatic carbocycles. The zero-order valence-corrected chi connectivity index (χ0v) is 15.3. The van der Waals surface area contributed by atoms with Gasteiger partial charge in [-0.3, -0.25) is 9.69 Å². The average molecular weight is 400 g/mol. The lowest BCUT2D eigenvalue weighted by Gasteiger charge is -2.21. The van der Waals surface area contributed by atoms with Crippen LogP contribution in [0.4, 0.5) is 0 Å². The minimum Gasteiger partial charge on any atom is -0.464 e. The number of halogens is 1. The first-order chi connectivity index (χ1) is 10.4. The lowest BCUT2D eigenvalue weighted by Crippen LogP contribution is -2.42. The van der Waals surface area contributed by atoms with Crippen molar-refractivity contribution in [2.24, 2.45) is 0 Å². The molecule has 0 N–H and O–H groups in total. The molecule has 1 amide bonds. The summed E-state index contributed by atoms with van der Waals surface area (Å²) in [5.41, 5.74) is 0.888. The third-order valence-electron chi connectivity index (χ3n) is 2.98. The van der Waals surface area contributed by atoms with Gasteiger partial charge in [0, 0.05) is 4.47 Å². The quantitative estimate of drug-likeness (QED) is 0.439. The van der Waals surface area contributed by atoms with Gasteiger partial charge in [0.2, 0.25) is 0 Å². The molecule has 4 nitrogen and oxygen atoms in total. The molecular weight excluding hydrogens is 386 g/mol. The van der Waals surface area contributed by atoms with Gasteiger partial charge in [-0.05, 0) is 37.6 Å². The molecule has 7 heteroatoms. The molecule has 1 aromatic carbocycles. The van der Waals surface area contributed by atoms with Crippen LogP contribution in [0.3, 0.4) is 0 Å². The van der Waals surface area contributed by atoms with Gasteiger partial charge in [-0.1, -0.05) is 52.0 Å². The van der Waals surface area contributed by atoms with Crippen LogP contribution in [-0.4, -0.2) is 33.7 Å². The summed E-state index contributed by atoms with van der Waals surface area (Å²) < 4.78 is 6.25. The van der Waals surface area contributed by atoms with Crippen molar-refractivity contribution in [2.75, 3.05) is 6.61 Å². The van der Waals surface area contributed by atoms with E-state index in [0.717, 1.165) is 10.0 Å². The van der Waals surface area contributed by atoms with Crippen LogP contribution in [0.25, 0.3) is 6.08 Å². The van der Waals surface area contributed by atoms with Crippen LogP contribution < -0.4 is 0 Å². The molecule has 0 spiro atoms. The lowest BCUT2D eigenvalue weighted by molar-refractivity contribution is -0.149. The van der Waals surface area contributed by atoms with Crippen LogP contribution >= 0.6 is 39.9 Å². The van der Waals surface area contributed by atoms with E-state index in [1.807, 2.05) is 24.3 Å². The van der Waals surface area contributed by atoms with Gasteiger partial charge in [0.1, 0.15) is 10.4 Å². The zero-order chi connectivity index (χ0) is 16.3. The van der Waals surface area contributed by atoms with Crippen molar-refractivity contribution in [1.82, 2.24) is 4.90 Å². The molecule has 0 aromatic heterocycles. The maximum Gasteiger partial charge on any atom is 0.329 e. The molecule has 0 bridgehead atoms. The molecule has 0 saturated carbocycles. The number of carbonyl (C=O) groups is 2. The maximum absolute atomic E-state index is 12.5. The Morgan fingerprint density at radius 3 is 2.91 bits per heavy atom. The van der Waals surface area contributed by atoms with Gasteiger partial charge in [0.25, 0.3) is 5.91 Å². The van der Waals surface area contributed by atoms with E-state index in [4.69, 9.17) is 17.0 Å². The summed E-state index contributed by atoms with van der Waals surface area (Å²) in [7, 11) is 0. The largest absolute Gasteiger partial charge is 0.464 e. The van der Waals surface area contributed by atoms with E-state index in [0.29, 0.717) is 9.23 Å². The Kier molecular flexibility index (Phi) is 5.77. The Morgan fingerprint density at radius 2 is 2.27 bits per heavy atom. The number of esters is 1. The van der Waals surface area contributed by atoms with Crippen molar-refractivity contribution in [3.8, 4) is 0 Å². The smallest absolute Gasteiger partial charge is 0.329 e. The summed E-state index contributed by atoms with van der Waals surface area (Å²) in [5.74, 6) is -0.724. The number of thiocarbonyl (C=S) groups is 1. The molecule has 116 valence electrons. The molecule has 1 saturated heterocycles. The molecule has 1 aliphatic heterocycles. The monoisotopic (exact) mass is 399 g/mol. The summed E-state index contributed by atoms with van der Waals surface area (Å²) >= 11 is 9.81. The van der Waals surface area contributed by atoms with E-state index < -0.39 is 12.0 Å². The molecular formula is C15H14BrNO3S2. The number of hydrogen-bond acceptors (Lipinski definition) is 5. The Balaban J connectivity index is 2.23. The number of hydrogen-bond donors (Lipinski definition) is 0. The second-order valence-corrected chi connectivity index (χ2v) is 7.13. The normalized spacial score (nSPS) is 18.0. The number of thioether (sulfide) groups is 1. The van der Waals surface area contributed by atoms with Crippen molar-refractivity contribution in [1.29, 1.82) is 0 Å². The van der Waals surface area contributed by atoms with Crippen molar-refractivity contribution in [3.05, 3.63) is 39.2 Å². The highest BCUT2D eigenvalue weighted by molar-refractivity contribution is 9.10. The molecule has 1 aliphatic rings. The first-order valence-corrected chi connectivity index (χ1v) is 8.65. The van der Waals surface area contributed by atoms with Crippen molar-refractivity contribution < 1.29 is 14.3 Å². The number of nitrogens with zero attached hydrogens (tertiary/aromatic N) is 1. The van der Waals surface area contributed by atoms with Crippen molar-refractivity contribution >= 4 is 62.2 Å². The molecule has 1 heterocycles. The van der Waals surface area contributed by atoms with Gasteiger partial charge in [0.15, 0.2) is 0 Å². The minimum absolute atomic E-state index is 0.268. The van der Waals surface area contributed by atoms with Gasteiger partial charge < -0.3 is 4.74 Å². The third-order valence-corrected chi connectivity index (χ3v) is 4.81. The minimum atomic E-state index is -0.721. The zero-order valence-electron chi connectivity index (χ0n) is 12.0. The number of ether oxygens (including phenoxy) is 1. The predicted octanol–water partition coefficient (Wildman–Crippen LogP) is 3.60. The molecule has 1 unspecified atom stereocenters. The summed E-state index contributed by atoms with van der Waals surface area (Å²) in [5, 5.41) is 0. The highest BCUT2D eigenvalue weighted by Crippen LogP contribution is 2.34. The van der Waals surface area contributed by atoms with Crippen LogP contribution in [0.5, 0.6) is 0 Å². The van der Waals surface area contributed by atoms with Crippen LogP contribution in [0.2, 0.25) is 0 Å². The van der Waals surface area contributed by atoms with Crippen LogP contribution in [0.15, 0.2) is 33.6 Å². The van der Waals surface area contributed by atoms with E-state index in [-0.39, 0.29) is 12.5 Å². The van der Waals surface area contributed by atoms with E-state index in [1.54, 1.807) is 19.9 Å². The molecule has 2 rings (SSSR count). The maximum atomic E-state index is 12.5. The van der Waals surface area contributed by atoms with Gasteiger partial charge >= 0.3 is 5.97 Å². The van der Waals surface area contributed by atoms with E-state index in [1.165, 1.54) is 16.7 Å². The van der Waals surface area contributed by atoms with E-state index in [2.05, 4.69) is 15.9 Å². The number of amides is 1. The number of benzene rings is 1. The van der Waals surface area contributed by atoms with Crippen LogP contribution in [0.1, 0.15) is 19.4 Å². The second-order valence-electron chi connectivity index (χ2n) is 4.53. The summed E-state index contributed by atoms with van der Waals surface area (Å²) in [6, 6.07) is 6.87. The molecule has 1 atom stereocenters. The van der Waals surface area contributed by atoms with E-state index >= 15 is 0 Å². The highest BCUT2D eigenvalue weighted by atomic mass is 79.9. The van der Waals surface area contributed by atoms with Gasteiger partial charge in [-0.15, -0.1) is 0 Å². The lowest BCUT2D eigenvalue weighted by atomic mass is 10.2. The fraction of sp³-hybridized carbons (Fsp3) is 0.267. The molecule has 1 fully saturated rings. The number of rotatable bonds is 4. The number of carbonyl (C=O) groups excluding carboxylic acids is 2. The second kappa shape index (κ2) is 7.39. The summed E-state index contributed by atoms with van der Waals surface area (Å²) in [4.78, 5) is 26.1. The first-order valence-electron chi connectivity index (χ1n) is 6.63. The Hall–Kier alpha value is -1.18. The first kappa shape index (κ1) is 17.2. The predicted molar refractivity (Wildman–Crippen MR) is 95.2 cm³/mol. The fourth-order valence-corrected chi connectivity index (χ4v) is 3.77. The fourth-order valence-electron chi connectivity index (χ4n) is 1.93. The average Bonchev–Trinajstić information content (AvgIpc) is 2.73. The topological polar surface area (TPSA) is 46.6 Å². The van der Waals surface area contributed by atoms with Crippen LogP contribution in [-0.2, 0) is 14.3 Å². The molecule has 0 radical (unpaired) electrons. The van der Waals surface area contributed by atoms with Crippen molar-refractivity contribution in [3.63, 3.8) is 0 Å². The highest BCUT2D eigenvalue weighted by Gasteiger charge is 2.38. The van der Waals surface area contributed by atoms with E-state index in [9.17, 15) is 9.59 Å². The van der Waals surface area contributed by atoms with Crippen LogP contribution in [0, 0.1) is 0 Å². The Labute approximate surface area is 147 Å². The van der Waals surface area contributed by atoms with Crippen molar-refractivity contribution in [2.45, 2.75) is 19.9 Å². The molecule has 1 aromatic rings. The standard InChI is InChI=1S/C15H14BrNO3S2/c1-3-20-14(19)9(2)17-13(18)12(22-15(17)21)8-10-5-4-6-11(16)7-10/h4-9H,3H2,1-2H3/b12-8-. The summed E-state index contributed by atoms with van der Waals surface area (Å²) in [6.45, 7) is 3.61. The Bertz CT molecular complexity index is 660. The third kappa shape index (κ3) is 3.77. The SMILES string of the molecule is CCOC(=O)C(C)N1C(=O)/C(=C/c2cccc(Br)c2)SC1=S. The van der Waals surface area contributed by atoms with Gasteiger partial charge in [-0.25, -0.2) is 4.79 Å².